The minimum Gasteiger partial charge on any atom is -0.338 e. The van der Waals surface area contributed by atoms with Gasteiger partial charge in [-0.25, -0.2) is 0 Å². The molecule has 5 nitrogen and oxygen atoms in total. The normalized spacial score (nSPS) is 16.9. The van der Waals surface area contributed by atoms with Gasteiger partial charge in [0, 0.05) is 31.7 Å². The van der Waals surface area contributed by atoms with Gasteiger partial charge in [-0.05, 0) is 49.5 Å². The van der Waals surface area contributed by atoms with E-state index in [1.807, 2.05) is 43.3 Å². The topological polar surface area (TPSA) is 52.7 Å². The van der Waals surface area contributed by atoms with Gasteiger partial charge >= 0.3 is 6.18 Å². The molecule has 8 heteroatoms. The van der Waals surface area contributed by atoms with E-state index in [4.69, 9.17) is 0 Å². The third-order valence-electron chi connectivity index (χ3n) is 4.93. The van der Waals surface area contributed by atoms with E-state index < -0.39 is 17.7 Å². The molecule has 2 aromatic carbocycles. The molecule has 0 radical (unpaired) electrons. The number of anilines is 1. The van der Waals surface area contributed by atoms with Gasteiger partial charge in [0.25, 0.3) is 0 Å². The van der Waals surface area contributed by atoms with Crippen LogP contribution in [0.1, 0.15) is 23.1 Å². The highest BCUT2D eigenvalue weighted by atomic mass is 19.4. The van der Waals surface area contributed by atoms with Crippen LogP contribution in [0.3, 0.4) is 0 Å². The molecular formula is C22H24F3N3O2. The predicted octanol–water partition coefficient (Wildman–Crippen LogP) is 3.75. The molecule has 0 aromatic heterocycles. The number of halogens is 3. The van der Waals surface area contributed by atoms with Crippen LogP contribution in [0.25, 0.3) is 0 Å². The molecule has 1 aliphatic heterocycles. The molecule has 2 aromatic rings. The van der Waals surface area contributed by atoms with Crippen molar-refractivity contribution in [1.82, 2.24) is 9.80 Å². The van der Waals surface area contributed by atoms with Gasteiger partial charge in [-0.2, -0.15) is 13.2 Å². The first-order valence-corrected chi connectivity index (χ1v) is 9.60. The first kappa shape index (κ1) is 21.8. The number of hydrogen-bond donors (Lipinski definition) is 1. The van der Waals surface area contributed by atoms with Crippen molar-refractivity contribution in [2.75, 3.05) is 26.0 Å². The zero-order chi connectivity index (χ0) is 21.9. The van der Waals surface area contributed by atoms with Gasteiger partial charge in [0.05, 0.1) is 11.5 Å². The van der Waals surface area contributed by atoms with Crippen LogP contribution >= 0.6 is 0 Å². The monoisotopic (exact) mass is 419 g/mol. The number of carbonyl (C=O) groups excluding carboxylic acids is 2. The number of alkyl halides is 3. The highest BCUT2D eigenvalue weighted by molar-refractivity contribution is 5.97. The van der Waals surface area contributed by atoms with Gasteiger partial charge in [-0.1, -0.05) is 24.3 Å². The Bertz CT molecular complexity index is 911. The fourth-order valence-corrected chi connectivity index (χ4v) is 3.47. The molecule has 2 amide bonds. The number of carbonyl (C=O) groups is 2. The van der Waals surface area contributed by atoms with Crippen molar-refractivity contribution >= 4 is 17.5 Å². The largest absolute Gasteiger partial charge is 0.416 e. The van der Waals surface area contributed by atoms with Crippen LogP contribution in [0, 0.1) is 5.92 Å². The Hall–Kier alpha value is -2.87. The van der Waals surface area contributed by atoms with Gasteiger partial charge < -0.3 is 15.1 Å². The summed E-state index contributed by atoms with van der Waals surface area (Å²) in [5.74, 6) is -1.05. The number of benzene rings is 2. The molecule has 3 rings (SSSR count). The Kier molecular flexibility index (Phi) is 6.45. The zero-order valence-electron chi connectivity index (χ0n) is 16.9. The molecule has 30 heavy (non-hydrogen) atoms. The lowest BCUT2D eigenvalue weighted by Gasteiger charge is -2.18. The fraction of sp³-hybridized carbons (Fsp3) is 0.364. The summed E-state index contributed by atoms with van der Waals surface area (Å²) in [6.07, 6.45) is -4.39. The van der Waals surface area contributed by atoms with E-state index >= 15 is 0 Å². The summed E-state index contributed by atoms with van der Waals surface area (Å²) < 4.78 is 38.7. The van der Waals surface area contributed by atoms with E-state index in [2.05, 4.69) is 5.32 Å². The second kappa shape index (κ2) is 8.87. The standard InChI is InChI=1S/C22H24F3N3O2/c1-27(2)12-15-6-8-19(9-7-15)26-21(30)17-11-20(29)28(14-17)13-16-4-3-5-18(10-16)22(23,24)25/h3-10,17H,11-14H2,1-2H3,(H,26,30). The van der Waals surface area contributed by atoms with Crippen molar-refractivity contribution in [1.29, 1.82) is 0 Å². The molecule has 1 saturated heterocycles. The Balaban J connectivity index is 1.59. The lowest BCUT2D eigenvalue weighted by molar-refractivity contribution is -0.137. The summed E-state index contributed by atoms with van der Waals surface area (Å²) in [5.41, 5.74) is 1.39. The fourth-order valence-electron chi connectivity index (χ4n) is 3.47. The lowest BCUT2D eigenvalue weighted by Crippen LogP contribution is -2.28. The maximum Gasteiger partial charge on any atom is 0.416 e. The summed E-state index contributed by atoms with van der Waals surface area (Å²) in [5, 5.41) is 2.82. The minimum absolute atomic E-state index is 0.0451. The number of likely N-dealkylation sites (tertiary alicyclic amines) is 1. The molecule has 1 fully saturated rings. The van der Waals surface area contributed by atoms with Gasteiger partial charge in [-0.3, -0.25) is 9.59 Å². The van der Waals surface area contributed by atoms with E-state index in [1.165, 1.54) is 11.0 Å². The quantitative estimate of drug-likeness (QED) is 0.776. The number of nitrogens with one attached hydrogen (secondary N) is 1. The van der Waals surface area contributed by atoms with Crippen molar-refractivity contribution < 1.29 is 22.8 Å². The van der Waals surface area contributed by atoms with E-state index in [1.54, 1.807) is 6.07 Å². The van der Waals surface area contributed by atoms with Gasteiger partial charge in [0.2, 0.25) is 11.8 Å². The molecule has 0 aliphatic carbocycles. The highest BCUT2D eigenvalue weighted by Crippen LogP contribution is 2.30. The van der Waals surface area contributed by atoms with Crippen LogP contribution in [-0.4, -0.2) is 42.3 Å². The summed E-state index contributed by atoms with van der Waals surface area (Å²) in [6.45, 7) is 1.02. The molecule has 0 saturated carbocycles. The average molecular weight is 419 g/mol. The maximum absolute atomic E-state index is 12.9. The van der Waals surface area contributed by atoms with Crippen LogP contribution in [0.4, 0.5) is 18.9 Å². The summed E-state index contributed by atoms with van der Waals surface area (Å²) in [6, 6.07) is 12.4. The molecule has 0 bridgehead atoms. The zero-order valence-corrected chi connectivity index (χ0v) is 16.9. The van der Waals surface area contributed by atoms with Crippen molar-refractivity contribution in [3.05, 3.63) is 65.2 Å². The molecule has 0 spiro atoms. The molecule has 160 valence electrons. The molecule has 1 atom stereocenters. The minimum atomic E-state index is -4.43. The third-order valence-corrected chi connectivity index (χ3v) is 4.93. The Morgan fingerprint density at radius 1 is 1.13 bits per heavy atom. The molecule has 1 unspecified atom stereocenters. The summed E-state index contributed by atoms with van der Waals surface area (Å²) in [4.78, 5) is 28.3. The Labute approximate surface area is 173 Å². The van der Waals surface area contributed by atoms with Crippen LogP contribution in [0.5, 0.6) is 0 Å². The van der Waals surface area contributed by atoms with Crippen molar-refractivity contribution in [3.63, 3.8) is 0 Å². The average Bonchev–Trinajstić information content (AvgIpc) is 3.03. The van der Waals surface area contributed by atoms with Crippen LogP contribution in [0.15, 0.2) is 48.5 Å². The molecule has 1 heterocycles. The van der Waals surface area contributed by atoms with Crippen LogP contribution in [-0.2, 0) is 28.9 Å². The summed E-state index contributed by atoms with van der Waals surface area (Å²) in [7, 11) is 3.94. The Morgan fingerprint density at radius 3 is 2.47 bits per heavy atom. The van der Waals surface area contributed by atoms with Gasteiger partial charge in [0.15, 0.2) is 0 Å². The van der Waals surface area contributed by atoms with Crippen molar-refractivity contribution in [3.8, 4) is 0 Å². The second-order valence-corrected chi connectivity index (χ2v) is 7.80. The van der Waals surface area contributed by atoms with Crippen molar-refractivity contribution in [2.45, 2.75) is 25.7 Å². The smallest absolute Gasteiger partial charge is 0.338 e. The van der Waals surface area contributed by atoms with Gasteiger partial charge in [-0.15, -0.1) is 0 Å². The number of nitrogens with zero attached hydrogens (tertiary/aromatic N) is 2. The molecule has 1 aliphatic rings. The second-order valence-electron chi connectivity index (χ2n) is 7.80. The molecule has 1 N–H and O–H groups in total. The van der Waals surface area contributed by atoms with E-state index in [0.717, 1.165) is 24.2 Å². The number of hydrogen-bond acceptors (Lipinski definition) is 3. The molecular weight excluding hydrogens is 395 g/mol. The van der Waals surface area contributed by atoms with Crippen LogP contribution in [0.2, 0.25) is 0 Å². The first-order valence-electron chi connectivity index (χ1n) is 9.60. The Morgan fingerprint density at radius 2 is 1.83 bits per heavy atom. The van der Waals surface area contributed by atoms with E-state index in [0.29, 0.717) is 11.3 Å². The highest BCUT2D eigenvalue weighted by Gasteiger charge is 2.35. The SMILES string of the molecule is CN(C)Cc1ccc(NC(=O)C2CC(=O)N(Cc3cccc(C(F)(F)F)c3)C2)cc1. The number of amides is 2. The summed E-state index contributed by atoms with van der Waals surface area (Å²) >= 11 is 0. The first-order chi connectivity index (χ1) is 14.1. The van der Waals surface area contributed by atoms with E-state index in [-0.39, 0.29) is 31.3 Å². The van der Waals surface area contributed by atoms with E-state index in [9.17, 15) is 22.8 Å². The van der Waals surface area contributed by atoms with Crippen molar-refractivity contribution in [2.24, 2.45) is 5.92 Å². The maximum atomic E-state index is 12.9. The number of rotatable bonds is 6. The predicted molar refractivity (Wildman–Crippen MR) is 107 cm³/mol. The van der Waals surface area contributed by atoms with Gasteiger partial charge in [0.1, 0.15) is 0 Å². The van der Waals surface area contributed by atoms with Crippen LogP contribution < -0.4 is 5.32 Å². The lowest BCUT2D eigenvalue weighted by atomic mass is 10.1. The third kappa shape index (κ3) is 5.60.